The third-order valence-electron chi connectivity index (χ3n) is 3.71. The third kappa shape index (κ3) is 3.80. The lowest BCUT2D eigenvalue weighted by atomic mass is 10.1. The smallest absolute Gasteiger partial charge is 0.189 e. The van der Waals surface area contributed by atoms with E-state index in [9.17, 15) is 0 Å². The fraction of sp³-hybridized carbons (Fsp3) is 0.438. The zero-order chi connectivity index (χ0) is 15.4. The summed E-state index contributed by atoms with van der Waals surface area (Å²) < 4.78 is 13.1. The second kappa shape index (κ2) is 7.13. The molecule has 0 N–H and O–H groups in total. The van der Waals surface area contributed by atoms with Crippen LogP contribution in [-0.4, -0.2) is 34.8 Å². The number of hydrogen-bond acceptors (Lipinski definition) is 4. The molecule has 118 valence electrons. The monoisotopic (exact) mass is 321 g/mol. The van der Waals surface area contributed by atoms with Gasteiger partial charge < -0.3 is 18.9 Å². The summed E-state index contributed by atoms with van der Waals surface area (Å²) in [5.41, 5.74) is 2.15. The fourth-order valence-corrected chi connectivity index (χ4v) is 2.95. The van der Waals surface area contributed by atoms with Gasteiger partial charge in [0.2, 0.25) is 0 Å². The SMILES string of the molecule is CN(CCCn1ccnc1)Cc1cc(Cl)cc2c1OCOC2. The number of ether oxygens (including phenoxy) is 2. The lowest BCUT2D eigenvalue weighted by molar-refractivity contribution is -0.0174. The fourth-order valence-electron chi connectivity index (χ4n) is 2.69. The van der Waals surface area contributed by atoms with Crippen LogP contribution in [0, 0.1) is 0 Å². The number of nitrogens with zero attached hydrogens (tertiary/aromatic N) is 3. The second-order valence-electron chi connectivity index (χ2n) is 5.56. The Morgan fingerprint density at radius 3 is 3.14 bits per heavy atom. The molecule has 0 atom stereocenters. The Bertz CT molecular complexity index is 616. The van der Waals surface area contributed by atoms with E-state index in [4.69, 9.17) is 21.1 Å². The van der Waals surface area contributed by atoms with Crippen molar-refractivity contribution in [1.82, 2.24) is 14.5 Å². The van der Waals surface area contributed by atoms with E-state index in [0.29, 0.717) is 13.4 Å². The Kier molecular flexibility index (Phi) is 4.97. The zero-order valence-electron chi connectivity index (χ0n) is 12.7. The predicted molar refractivity (Wildman–Crippen MR) is 84.9 cm³/mol. The first-order valence-corrected chi connectivity index (χ1v) is 7.76. The van der Waals surface area contributed by atoms with E-state index >= 15 is 0 Å². The standard InChI is InChI=1S/C16H20ClN3O2/c1-19(4-2-5-20-6-3-18-11-20)9-13-7-15(17)8-14-10-21-12-22-16(13)14/h3,6-8,11H,2,4-5,9-10,12H2,1H3. The van der Waals surface area contributed by atoms with Crippen molar-refractivity contribution in [2.75, 3.05) is 20.4 Å². The van der Waals surface area contributed by atoms with Crippen molar-refractivity contribution < 1.29 is 9.47 Å². The van der Waals surface area contributed by atoms with Gasteiger partial charge in [-0.1, -0.05) is 11.6 Å². The van der Waals surface area contributed by atoms with Crippen LogP contribution < -0.4 is 4.74 Å². The Hall–Kier alpha value is -1.56. The summed E-state index contributed by atoms with van der Waals surface area (Å²) in [7, 11) is 2.11. The van der Waals surface area contributed by atoms with Crippen LogP contribution in [0.4, 0.5) is 0 Å². The van der Waals surface area contributed by atoms with Gasteiger partial charge in [0.25, 0.3) is 0 Å². The average molecular weight is 322 g/mol. The van der Waals surface area contributed by atoms with Crippen LogP contribution >= 0.6 is 11.6 Å². The van der Waals surface area contributed by atoms with E-state index in [1.165, 1.54) is 0 Å². The van der Waals surface area contributed by atoms with Crippen LogP contribution in [0.1, 0.15) is 17.5 Å². The van der Waals surface area contributed by atoms with Crippen molar-refractivity contribution in [2.45, 2.75) is 26.1 Å². The number of benzene rings is 1. The van der Waals surface area contributed by atoms with Crippen molar-refractivity contribution >= 4 is 11.6 Å². The molecule has 0 saturated heterocycles. The molecular formula is C16H20ClN3O2. The van der Waals surface area contributed by atoms with Crippen molar-refractivity contribution in [3.63, 3.8) is 0 Å². The maximum absolute atomic E-state index is 6.20. The number of hydrogen-bond donors (Lipinski definition) is 0. The summed E-state index contributed by atoms with van der Waals surface area (Å²) in [6.45, 7) is 3.66. The molecule has 2 heterocycles. The molecule has 3 rings (SSSR count). The Labute approximate surface area is 135 Å². The minimum Gasteiger partial charge on any atom is -0.467 e. The zero-order valence-corrected chi connectivity index (χ0v) is 13.4. The molecule has 0 amide bonds. The van der Waals surface area contributed by atoms with Gasteiger partial charge in [-0.3, -0.25) is 0 Å². The molecule has 0 aliphatic carbocycles. The maximum atomic E-state index is 6.20. The molecule has 0 spiro atoms. The van der Waals surface area contributed by atoms with E-state index in [0.717, 1.165) is 48.0 Å². The van der Waals surface area contributed by atoms with Crippen molar-refractivity contribution in [2.24, 2.45) is 0 Å². The molecule has 0 unspecified atom stereocenters. The molecule has 22 heavy (non-hydrogen) atoms. The molecule has 1 aromatic heterocycles. The molecule has 0 radical (unpaired) electrons. The second-order valence-corrected chi connectivity index (χ2v) is 5.99. The first kappa shape index (κ1) is 15.3. The van der Waals surface area contributed by atoms with E-state index < -0.39 is 0 Å². The van der Waals surface area contributed by atoms with Crippen molar-refractivity contribution in [1.29, 1.82) is 0 Å². The Morgan fingerprint density at radius 1 is 1.41 bits per heavy atom. The first-order chi connectivity index (χ1) is 10.7. The van der Waals surface area contributed by atoms with Gasteiger partial charge in [-0.2, -0.15) is 0 Å². The van der Waals surface area contributed by atoms with Crippen LogP contribution in [0.3, 0.4) is 0 Å². The van der Waals surface area contributed by atoms with Gasteiger partial charge in [-0.05, 0) is 32.1 Å². The summed E-state index contributed by atoms with van der Waals surface area (Å²) in [6.07, 6.45) is 6.71. The van der Waals surface area contributed by atoms with Gasteiger partial charge in [0.05, 0.1) is 12.9 Å². The normalized spacial score (nSPS) is 14.0. The highest BCUT2D eigenvalue weighted by Gasteiger charge is 2.17. The van der Waals surface area contributed by atoms with Gasteiger partial charge in [0.1, 0.15) is 5.75 Å². The molecule has 2 aromatic rings. The van der Waals surface area contributed by atoms with Crippen molar-refractivity contribution in [3.8, 4) is 5.75 Å². The van der Waals surface area contributed by atoms with Gasteiger partial charge in [0.15, 0.2) is 6.79 Å². The van der Waals surface area contributed by atoms with E-state index in [-0.39, 0.29) is 0 Å². The lowest BCUT2D eigenvalue weighted by Gasteiger charge is -2.24. The summed E-state index contributed by atoms with van der Waals surface area (Å²) in [4.78, 5) is 6.33. The highest BCUT2D eigenvalue weighted by atomic mass is 35.5. The van der Waals surface area contributed by atoms with Crippen LogP contribution in [0.5, 0.6) is 5.75 Å². The first-order valence-electron chi connectivity index (χ1n) is 7.38. The van der Waals surface area contributed by atoms with Crippen LogP contribution in [0.2, 0.25) is 5.02 Å². The topological polar surface area (TPSA) is 39.5 Å². The van der Waals surface area contributed by atoms with E-state index in [1.807, 2.05) is 24.7 Å². The Balaban J connectivity index is 1.59. The molecule has 5 nitrogen and oxygen atoms in total. The third-order valence-corrected chi connectivity index (χ3v) is 3.93. The van der Waals surface area contributed by atoms with Gasteiger partial charge in [-0.15, -0.1) is 0 Å². The van der Waals surface area contributed by atoms with Crippen LogP contribution in [0.15, 0.2) is 30.9 Å². The maximum Gasteiger partial charge on any atom is 0.189 e. The highest BCUT2D eigenvalue weighted by molar-refractivity contribution is 6.30. The number of imidazole rings is 1. The summed E-state index contributed by atoms with van der Waals surface area (Å²) in [5, 5.41) is 0.731. The predicted octanol–water partition coefficient (Wildman–Crippen LogP) is 2.93. The number of rotatable bonds is 6. The summed E-state index contributed by atoms with van der Waals surface area (Å²) in [6, 6.07) is 3.90. The number of halogens is 1. The summed E-state index contributed by atoms with van der Waals surface area (Å²) >= 11 is 6.20. The lowest BCUT2D eigenvalue weighted by Crippen LogP contribution is -2.22. The van der Waals surface area contributed by atoms with Crippen LogP contribution in [-0.2, 0) is 24.4 Å². The molecule has 1 aliphatic heterocycles. The largest absolute Gasteiger partial charge is 0.467 e. The quantitative estimate of drug-likeness (QED) is 0.820. The average Bonchev–Trinajstić information content (AvgIpc) is 3.00. The summed E-state index contributed by atoms with van der Waals surface area (Å²) in [5.74, 6) is 0.928. The highest BCUT2D eigenvalue weighted by Crippen LogP contribution is 2.32. The molecule has 1 aromatic carbocycles. The molecule has 6 heteroatoms. The van der Waals surface area contributed by atoms with Crippen LogP contribution in [0.25, 0.3) is 0 Å². The minimum absolute atomic E-state index is 0.311. The molecule has 0 saturated carbocycles. The van der Waals surface area contributed by atoms with E-state index in [2.05, 4.69) is 21.5 Å². The number of aryl methyl sites for hydroxylation is 1. The molecule has 0 bridgehead atoms. The molecule has 0 fully saturated rings. The minimum atomic E-state index is 0.311. The molecular weight excluding hydrogens is 302 g/mol. The van der Waals surface area contributed by atoms with Gasteiger partial charge in [-0.25, -0.2) is 4.98 Å². The van der Waals surface area contributed by atoms with Gasteiger partial charge in [0, 0.05) is 41.6 Å². The van der Waals surface area contributed by atoms with E-state index in [1.54, 1.807) is 6.20 Å². The number of fused-ring (bicyclic) bond motifs is 1. The molecule has 1 aliphatic rings. The van der Waals surface area contributed by atoms with Gasteiger partial charge >= 0.3 is 0 Å². The van der Waals surface area contributed by atoms with Crippen molar-refractivity contribution in [3.05, 3.63) is 47.0 Å². The number of aromatic nitrogens is 2. The Morgan fingerprint density at radius 2 is 2.32 bits per heavy atom.